The summed E-state index contributed by atoms with van der Waals surface area (Å²) < 4.78 is 5.78. The van der Waals surface area contributed by atoms with Gasteiger partial charge in [0.15, 0.2) is 11.5 Å². The molecule has 0 heterocycles. The van der Waals surface area contributed by atoms with Crippen molar-refractivity contribution in [3.8, 4) is 17.2 Å². The zero-order chi connectivity index (χ0) is 13.6. The number of phenolic OH excluding ortho intramolecular Hbond substituents is 2. The van der Waals surface area contributed by atoms with Crippen LogP contribution < -0.4 is 4.74 Å². The minimum absolute atomic E-state index is 0.144. The molecule has 0 aliphatic rings. The average Bonchev–Trinajstić information content (AvgIpc) is 2.31. The molecule has 0 bridgehead atoms. The Bertz CT molecular complexity index is 372. The van der Waals surface area contributed by atoms with Gasteiger partial charge in [0, 0.05) is 0 Å². The van der Waals surface area contributed by atoms with Crippen LogP contribution in [0.3, 0.4) is 0 Å². The molecular formula is C15H24O3. The highest BCUT2D eigenvalue weighted by Crippen LogP contribution is 2.37. The van der Waals surface area contributed by atoms with E-state index < -0.39 is 0 Å². The van der Waals surface area contributed by atoms with Crippen LogP contribution in [-0.2, 0) is 0 Å². The minimum Gasteiger partial charge on any atom is -0.504 e. The summed E-state index contributed by atoms with van der Waals surface area (Å²) in [5.41, 5.74) is -0.334. The van der Waals surface area contributed by atoms with Crippen LogP contribution in [0.1, 0.15) is 52.9 Å². The topological polar surface area (TPSA) is 49.7 Å². The van der Waals surface area contributed by atoms with E-state index in [1.165, 1.54) is 25.3 Å². The van der Waals surface area contributed by atoms with Gasteiger partial charge in [-0.05, 0) is 38.8 Å². The Hall–Kier alpha value is -1.38. The Morgan fingerprint density at radius 3 is 2.50 bits per heavy atom. The van der Waals surface area contributed by atoms with Crippen molar-refractivity contribution >= 4 is 0 Å². The Labute approximate surface area is 109 Å². The van der Waals surface area contributed by atoms with Crippen molar-refractivity contribution in [3.63, 3.8) is 0 Å². The van der Waals surface area contributed by atoms with E-state index in [-0.39, 0.29) is 17.1 Å². The van der Waals surface area contributed by atoms with Gasteiger partial charge in [0.05, 0.1) is 0 Å². The maximum absolute atomic E-state index is 9.70. The quantitative estimate of drug-likeness (QED) is 0.564. The van der Waals surface area contributed by atoms with Crippen molar-refractivity contribution < 1.29 is 14.9 Å². The molecule has 0 spiro atoms. The van der Waals surface area contributed by atoms with E-state index in [9.17, 15) is 10.2 Å². The van der Waals surface area contributed by atoms with E-state index in [1.807, 2.05) is 13.8 Å². The molecule has 1 aromatic rings. The molecule has 0 fully saturated rings. The Morgan fingerprint density at radius 1 is 1.11 bits per heavy atom. The van der Waals surface area contributed by atoms with Gasteiger partial charge in [0.2, 0.25) is 5.75 Å². The van der Waals surface area contributed by atoms with E-state index in [1.54, 1.807) is 12.1 Å². The first-order chi connectivity index (χ1) is 8.46. The van der Waals surface area contributed by atoms with Crippen LogP contribution in [0.25, 0.3) is 0 Å². The molecule has 18 heavy (non-hydrogen) atoms. The van der Waals surface area contributed by atoms with Gasteiger partial charge in [-0.15, -0.1) is 0 Å². The molecule has 0 radical (unpaired) electrons. The molecule has 1 aromatic carbocycles. The third kappa shape index (κ3) is 4.47. The first kappa shape index (κ1) is 14.7. The molecule has 0 saturated carbocycles. The summed E-state index contributed by atoms with van der Waals surface area (Å²) in [5, 5.41) is 19.1. The van der Waals surface area contributed by atoms with E-state index >= 15 is 0 Å². The summed E-state index contributed by atoms with van der Waals surface area (Å²) in [7, 11) is 0. The highest BCUT2D eigenvalue weighted by atomic mass is 16.5. The number of rotatable bonds is 7. The van der Waals surface area contributed by atoms with Crippen LogP contribution in [0.5, 0.6) is 17.2 Å². The molecule has 0 aliphatic heterocycles. The largest absolute Gasteiger partial charge is 0.504 e. The lowest BCUT2D eigenvalue weighted by atomic mass is 10.00. The van der Waals surface area contributed by atoms with Crippen LogP contribution in [-0.4, -0.2) is 15.8 Å². The fourth-order valence-electron chi connectivity index (χ4n) is 1.92. The van der Waals surface area contributed by atoms with Gasteiger partial charge in [0.1, 0.15) is 5.60 Å². The van der Waals surface area contributed by atoms with Gasteiger partial charge in [0.25, 0.3) is 0 Å². The number of phenols is 2. The number of unbranched alkanes of at least 4 members (excludes halogenated alkanes) is 3. The molecule has 0 aliphatic carbocycles. The molecule has 2 N–H and O–H groups in total. The van der Waals surface area contributed by atoms with Crippen LogP contribution in [0.2, 0.25) is 0 Å². The van der Waals surface area contributed by atoms with Crippen LogP contribution >= 0.6 is 0 Å². The molecule has 3 heteroatoms. The summed E-state index contributed by atoms with van der Waals surface area (Å²) in [4.78, 5) is 0. The lowest BCUT2D eigenvalue weighted by Gasteiger charge is -2.27. The fraction of sp³-hybridized carbons (Fsp3) is 0.600. The molecule has 0 unspecified atom stereocenters. The molecule has 3 nitrogen and oxygen atoms in total. The molecule has 102 valence electrons. The molecule has 0 aromatic heterocycles. The minimum atomic E-state index is -0.334. The van der Waals surface area contributed by atoms with Crippen molar-refractivity contribution in [2.24, 2.45) is 0 Å². The van der Waals surface area contributed by atoms with E-state index in [2.05, 4.69) is 6.92 Å². The smallest absolute Gasteiger partial charge is 0.200 e. The van der Waals surface area contributed by atoms with Crippen molar-refractivity contribution in [3.05, 3.63) is 18.2 Å². The van der Waals surface area contributed by atoms with E-state index in [0.29, 0.717) is 5.75 Å². The molecule has 1 rings (SSSR count). The number of para-hydroxylation sites is 1. The normalized spacial score (nSPS) is 11.5. The Kier molecular flexibility index (Phi) is 5.32. The predicted molar refractivity (Wildman–Crippen MR) is 73.2 cm³/mol. The maximum atomic E-state index is 9.70. The summed E-state index contributed by atoms with van der Waals surface area (Å²) >= 11 is 0. The predicted octanol–water partition coefficient (Wildman–Crippen LogP) is 4.23. The van der Waals surface area contributed by atoms with Gasteiger partial charge in [-0.2, -0.15) is 0 Å². The van der Waals surface area contributed by atoms with Gasteiger partial charge in [-0.1, -0.05) is 32.3 Å². The number of benzene rings is 1. The van der Waals surface area contributed by atoms with E-state index in [4.69, 9.17) is 4.74 Å². The second kappa shape index (κ2) is 6.53. The van der Waals surface area contributed by atoms with E-state index in [0.717, 1.165) is 12.8 Å². The second-order valence-corrected chi connectivity index (χ2v) is 5.30. The van der Waals surface area contributed by atoms with Crippen molar-refractivity contribution in [2.75, 3.05) is 0 Å². The fourth-order valence-corrected chi connectivity index (χ4v) is 1.92. The number of ether oxygens (including phenoxy) is 1. The maximum Gasteiger partial charge on any atom is 0.200 e. The highest BCUT2D eigenvalue weighted by Gasteiger charge is 2.21. The molecule has 0 amide bonds. The second-order valence-electron chi connectivity index (χ2n) is 5.30. The van der Waals surface area contributed by atoms with Gasteiger partial charge >= 0.3 is 0 Å². The monoisotopic (exact) mass is 252 g/mol. The molecule has 0 saturated heterocycles. The first-order valence-corrected chi connectivity index (χ1v) is 6.66. The highest BCUT2D eigenvalue weighted by molar-refractivity contribution is 5.49. The summed E-state index contributed by atoms with van der Waals surface area (Å²) in [5.74, 6) is 0.0175. The Morgan fingerprint density at radius 2 is 1.83 bits per heavy atom. The third-order valence-corrected chi connectivity index (χ3v) is 3.00. The number of hydrogen-bond acceptors (Lipinski definition) is 3. The summed E-state index contributed by atoms with van der Waals surface area (Å²) in [6.45, 7) is 6.19. The van der Waals surface area contributed by atoms with Crippen molar-refractivity contribution in [2.45, 2.75) is 58.5 Å². The van der Waals surface area contributed by atoms with Crippen LogP contribution in [0.4, 0.5) is 0 Å². The number of hydrogen-bond donors (Lipinski definition) is 2. The van der Waals surface area contributed by atoms with Gasteiger partial charge in [-0.25, -0.2) is 0 Å². The third-order valence-electron chi connectivity index (χ3n) is 3.00. The zero-order valence-electron chi connectivity index (χ0n) is 11.6. The van der Waals surface area contributed by atoms with Crippen LogP contribution in [0, 0.1) is 0 Å². The summed E-state index contributed by atoms with van der Waals surface area (Å²) in [6, 6.07) is 4.77. The summed E-state index contributed by atoms with van der Waals surface area (Å²) in [6.07, 6.45) is 5.71. The number of aromatic hydroxyl groups is 2. The van der Waals surface area contributed by atoms with Gasteiger partial charge in [-0.3, -0.25) is 0 Å². The van der Waals surface area contributed by atoms with Crippen molar-refractivity contribution in [1.82, 2.24) is 0 Å². The van der Waals surface area contributed by atoms with Crippen LogP contribution in [0.15, 0.2) is 18.2 Å². The first-order valence-electron chi connectivity index (χ1n) is 6.66. The SMILES string of the molecule is CCCCCCC(C)(C)Oc1cccc(O)c1O. The lowest BCUT2D eigenvalue weighted by Crippen LogP contribution is -2.28. The zero-order valence-corrected chi connectivity index (χ0v) is 11.6. The van der Waals surface area contributed by atoms with Gasteiger partial charge < -0.3 is 14.9 Å². The molecule has 0 atom stereocenters. The molecular weight excluding hydrogens is 228 g/mol. The Balaban J connectivity index is 2.56. The standard InChI is InChI=1S/C15H24O3/c1-4-5-6-7-11-15(2,3)18-13-10-8-9-12(16)14(13)17/h8-10,16-17H,4-7,11H2,1-3H3. The average molecular weight is 252 g/mol. The lowest BCUT2D eigenvalue weighted by molar-refractivity contribution is 0.0917. The van der Waals surface area contributed by atoms with Crippen molar-refractivity contribution in [1.29, 1.82) is 0 Å².